The molecule has 0 spiro atoms. The second-order valence-corrected chi connectivity index (χ2v) is 5.64. The van der Waals surface area contributed by atoms with Crippen molar-refractivity contribution in [3.05, 3.63) is 70.8 Å². The molecule has 2 aromatic rings. The molecule has 0 amide bonds. The van der Waals surface area contributed by atoms with Crippen LogP contribution in [0.1, 0.15) is 29.2 Å². The molecular formula is C19H17F3O. The van der Waals surface area contributed by atoms with Crippen LogP contribution in [0.3, 0.4) is 0 Å². The molecular weight excluding hydrogens is 301 g/mol. The molecule has 0 aromatic heterocycles. The second kappa shape index (κ2) is 6.11. The van der Waals surface area contributed by atoms with Gasteiger partial charge in [-0.1, -0.05) is 43.3 Å². The van der Waals surface area contributed by atoms with Crippen LogP contribution in [-0.4, -0.2) is 6.36 Å². The smallest absolute Gasteiger partial charge is 0.406 e. The molecule has 1 aliphatic rings. The van der Waals surface area contributed by atoms with Gasteiger partial charge in [-0.25, -0.2) is 0 Å². The lowest BCUT2D eigenvalue weighted by atomic mass is 9.88. The normalized spacial score (nSPS) is 14.2. The van der Waals surface area contributed by atoms with E-state index in [1.54, 1.807) is 6.07 Å². The zero-order valence-corrected chi connectivity index (χ0v) is 12.8. The molecule has 0 bridgehead atoms. The lowest BCUT2D eigenvalue weighted by molar-refractivity contribution is -0.274. The van der Waals surface area contributed by atoms with Crippen LogP contribution in [-0.2, 0) is 19.3 Å². The Balaban J connectivity index is 1.79. The Morgan fingerprint density at radius 3 is 2.39 bits per heavy atom. The van der Waals surface area contributed by atoms with E-state index < -0.39 is 6.36 Å². The Bertz CT molecular complexity index is 727. The maximum absolute atomic E-state index is 12.3. The van der Waals surface area contributed by atoms with Crippen LogP contribution in [0.4, 0.5) is 13.2 Å². The van der Waals surface area contributed by atoms with Crippen molar-refractivity contribution in [1.82, 2.24) is 0 Å². The number of ether oxygens (including phenoxy) is 1. The van der Waals surface area contributed by atoms with Crippen LogP contribution in [0.15, 0.2) is 48.5 Å². The van der Waals surface area contributed by atoms with E-state index >= 15 is 0 Å². The lowest BCUT2D eigenvalue weighted by Gasteiger charge is -2.19. The number of hydrogen-bond donors (Lipinski definition) is 0. The van der Waals surface area contributed by atoms with E-state index in [9.17, 15) is 13.2 Å². The van der Waals surface area contributed by atoms with Crippen LogP contribution < -0.4 is 4.74 Å². The van der Waals surface area contributed by atoms with Gasteiger partial charge in [0.2, 0.25) is 0 Å². The Labute approximate surface area is 133 Å². The highest BCUT2D eigenvalue weighted by molar-refractivity contribution is 5.71. The maximum Gasteiger partial charge on any atom is 0.573 e. The SMILES string of the molecule is CCc1ccc(C2=CCc3cc(OC(F)(F)F)ccc3C2)cc1. The summed E-state index contributed by atoms with van der Waals surface area (Å²) in [5.74, 6) is -0.152. The van der Waals surface area contributed by atoms with Crippen molar-refractivity contribution < 1.29 is 17.9 Å². The number of hydrogen-bond acceptors (Lipinski definition) is 1. The summed E-state index contributed by atoms with van der Waals surface area (Å²) in [6.45, 7) is 2.12. The van der Waals surface area contributed by atoms with Crippen LogP contribution in [0.25, 0.3) is 5.57 Å². The standard InChI is InChI=1S/C19H17F3O/c1-2-13-3-5-14(6-4-13)15-7-8-17-12-18(23-19(20,21)22)10-9-16(17)11-15/h3-7,9-10,12H,2,8,11H2,1H3. The van der Waals surface area contributed by atoms with Gasteiger partial charge in [0.1, 0.15) is 5.75 Å². The van der Waals surface area contributed by atoms with E-state index in [2.05, 4.69) is 42.0 Å². The summed E-state index contributed by atoms with van der Waals surface area (Å²) >= 11 is 0. The van der Waals surface area contributed by atoms with Crippen molar-refractivity contribution in [2.75, 3.05) is 0 Å². The first kappa shape index (κ1) is 15.7. The summed E-state index contributed by atoms with van der Waals surface area (Å²) in [6, 6.07) is 13.0. The molecule has 1 nitrogen and oxygen atoms in total. The molecule has 0 fully saturated rings. The van der Waals surface area contributed by atoms with E-state index in [4.69, 9.17) is 0 Å². The predicted molar refractivity (Wildman–Crippen MR) is 84.3 cm³/mol. The van der Waals surface area contributed by atoms with E-state index in [0.717, 1.165) is 24.0 Å². The molecule has 0 saturated carbocycles. The van der Waals surface area contributed by atoms with Gasteiger partial charge in [-0.15, -0.1) is 13.2 Å². The first-order valence-corrected chi connectivity index (χ1v) is 7.60. The minimum Gasteiger partial charge on any atom is -0.406 e. The molecule has 120 valence electrons. The lowest BCUT2D eigenvalue weighted by Crippen LogP contribution is -2.17. The minimum atomic E-state index is -4.65. The predicted octanol–water partition coefficient (Wildman–Crippen LogP) is 5.33. The monoisotopic (exact) mass is 318 g/mol. The number of alkyl halides is 3. The fourth-order valence-corrected chi connectivity index (χ4v) is 2.85. The van der Waals surface area contributed by atoms with Gasteiger partial charge in [0, 0.05) is 0 Å². The third-order valence-corrected chi connectivity index (χ3v) is 4.09. The summed E-state index contributed by atoms with van der Waals surface area (Å²) in [5.41, 5.74) is 5.62. The van der Waals surface area contributed by atoms with Crippen LogP contribution in [0, 0.1) is 0 Å². The van der Waals surface area contributed by atoms with Gasteiger partial charge in [-0.2, -0.15) is 0 Å². The van der Waals surface area contributed by atoms with Gasteiger partial charge in [0.15, 0.2) is 0 Å². The van der Waals surface area contributed by atoms with Crippen LogP contribution in [0.2, 0.25) is 0 Å². The number of allylic oxidation sites excluding steroid dienone is 2. The fraction of sp³-hybridized carbons (Fsp3) is 0.263. The Kier molecular flexibility index (Phi) is 4.16. The third kappa shape index (κ3) is 3.76. The Morgan fingerprint density at radius 2 is 1.74 bits per heavy atom. The van der Waals surface area contributed by atoms with E-state index in [-0.39, 0.29) is 5.75 Å². The van der Waals surface area contributed by atoms with Crippen molar-refractivity contribution in [3.8, 4) is 5.75 Å². The molecule has 0 radical (unpaired) electrons. The van der Waals surface area contributed by atoms with Crippen molar-refractivity contribution in [3.63, 3.8) is 0 Å². The summed E-state index contributed by atoms with van der Waals surface area (Å²) < 4.78 is 40.8. The van der Waals surface area contributed by atoms with Gasteiger partial charge < -0.3 is 4.74 Å². The average Bonchev–Trinajstić information content (AvgIpc) is 2.53. The van der Waals surface area contributed by atoms with Crippen molar-refractivity contribution in [2.45, 2.75) is 32.5 Å². The highest BCUT2D eigenvalue weighted by atomic mass is 19.4. The summed E-state index contributed by atoms with van der Waals surface area (Å²) in [4.78, 5) is 0. The highest BCUT2D eigenvalue weighted by Gasteiger charge is 2.31. The van der Waals surface area contributed by atoms with Gasteiger partial charge in [0.25, 0.3) is 0 Å². The Hall–Kier alpha value is -2.23. The topological polar surface area (TPSA) is 9.23 Å². The molecule has 0 N–H and O–H groups in total. The number of aryl methyl sites for hydroxylation is 1. The molecule has 0 atom stereocenters. The van der Waals surface area contributed by atoms with E-state index in [0.29, 0.717) is 6.42 Å². The molecule has 0 heterocycles. The zero-order valence-electron chi connectivity index (χ0n) is 12.8. The van der Waals surface area contributed by atoms with E-state index in [1.165, 1.54) is 28.8 Å². The Morgan fingerprint density at radius 1 is 1.00 bits per heavy atom. The molecule has 0 unspecified atom stereocenters. The fourth-order valence-electron chi connectivity index (χ4n) is 2.85. The first-order valence-electron chi connectivity index (χ1n) is 7.60. The number of benzene rings is 2. The summed E-state index contributed by atoms with van der Waals surface area (Å²) in [5, 5.41) is 0. The van der Waals surface area contributed by atoms with Crippen LogP contribution >= 0.6 is 0 Å². The zero-order chi connectivity index (χ0) is 16.4. The van der Waals surface area contributed by atoms with Crippen LogP contribution in [0.5, 0.6) is 5.75 Å². The molecule has 0 saturated heterocycles. The van der Waals surface area contributed by atoms with Gasteiger partial charge in [-0.3, -0.25) is 0 Å². The molecule has 1 aliphatic carbocycles. The molecule has 23 heavy (non-hydrogen) atoms. The number of rotatable bonds is 3. The van der Waals surface area contributed by atoms with Crippen molar-refractivity contribution in [2.24, 2.45) is 0 Å². The summed E-state index contributed by atoms with van der Waals surface area (Å²) in [7, 11) is 0. The molecule has 0 aliphatic heterocycles. The van der Waals surface area contributed by atoms with E-state index in [1.807, 2.05) is 0 Å². The average molecular weight is 318 g/mol. The van der Waals surface area contributed by atoms with Crippen molar-refractivity contribution >= 4 is 5.57 Å². The highest BCUT2D eigenvalue weighted by Crippen LogP contribution is 2.31. The van der Waals surface area contributed by atoms with Gasteiger partial charge in [-0.05, 0) is 59.2 Å². The van der Waals surface area contributed by atoms with Crippen molar-refractivity contribution in [1.29, 1.82) is 0 Å². The first-order chi connectivity index (χ1) is 10.9. The molecule has 3 rings (SSSR count). The molecule has 4 heteroatoms. The number of fused-ring (bicyclic) bond motifs is 1. The molecule has 2 aromatic carbocycles. The minimum absolute atomic E-state index is 0.152. The second-order valence-electron chi connectivity index (χ2n) is 5.64. The van der Waals surface area contributed by atoms with Gasteiger partial charge >= 0.3 is 6.36 Å². The number of halogens is 3. The third-order valence-electron chi connectivity index (χ3n) is 4.09. The van der Waals surface area contributed by atoms with Gasteiger partial charge in [0.05, 0.1) is 0 Å². The maximum atomic E-state index is 12.3. The largest absolute Gasteiger partial charge is 0.573 e. The summed E-state index contributed by atoms with van der Waals surface area (Å²) in [6.07, 6.45) is -0.210. The quantitative estimate of drug-likeness (QED) is 0.743.